The molecule has 0 saturated carbocycles. The van der Waals surface area contributed by atoms with Crippen LogP contribution >= 0.6 is 0 Å². The zero-order valence-electron chi connectivity index (χ0n) is 12.5. The quantitative estimate of drug-likeness (QED) is 0.752. The standard InChI is InChI=1S/C17H15N5O/c1-13-5-2-3-6-14(13)7-8-16(23)21-15-11-18-17(19-12-15)22-10-4-9-20-22/h2-12H,1H3,(H,21,23)/b8-7+. The van der Waals surface area contributed by atoms with Gasteiger partial charge in [-0.2, -0.15) is 5.10 Å². The molecule has 6 heteroatoms. The highest BCUT2D eigenvalue weighted by Crippen LogP contribution is 2.10. The molecule has 6 nitrogen and oxygen atoms in total. The fourth-order valence-corrected chi connectivity index (χ4v) is 2.01. The first-order chi connectivity index (χ1) is 11.2. The van der Waals surface area contributed by atoms with E-state index in [4.69, 9.17) is 0 Å². The van der Waals surface area contributed by atoms with Crippen molar-refractivity contribution < 1.29 is 4.79 Å². The molecule has 0 radical (unpaired) electrons. The summed E-state index contributed by atoms with van der Waals surface area (Å²) in [6, 6.07) is 9.65. The minimum Gasteiger partial charge on any atom is -0.320 e. The number of carbonyl (C=O) groups excluding carboxylic acids is 1. The van der Waals surface area contributed by atoms with E-state index in [1.165, 1.54) is 6.08 Å². The number of hydrogen-bond acceptors (Lipinski definition) is 4. The smallest absolute Gasteiger partial charge is 0.250 e. The maximum Gasteiger partial charge on any atom is 0.250 e. The van der Waals surface area contributed by atoms with E-state index in [9.17, 15) is 4.79 Å². The fraction of sp³-hybridized carbons (Fsp3) is 0.0588. The van der Waals surface area contributed by atoms with Crippen molar-refractivity contribution in [2.45, 2.75) is 6.92 Å². The Labute approximate surface area is 133 Å². The SMILES string of the molecule is Cc1ccccc1/C=C/C(=O)Nc1cnc(-n2cccn2)nc1. The van der Waals surface area contributed by atoms with Gasteiger partial charge in [0.1, 0.15) is 0 Å². The van der Waals surface area contributed by atoms with Crippen LogP contribution in [0.15, 0.2) is 61.2 Å². The minimum absolute atomic E-state index is 0.233. The van der Waals surface area contributed by atoms with E-state index >= 15 is 0 Å². The summed E-state index contributed by atoms with van der Waals surface area (Å²) in [5, 5.41) is 6.77. The molecule has 0 unspecified atom stereocenters. The van der Waals surface area contributed by atoms with Crippen LogP contribution in [0.2, 0.25) is 0 Å². The normalized spacial score (nSPS) is 10.8. The van der Waals surface area contributed by atoms with Gasteiger partial charge < -0.3 is 5.32 Å². The van der Waals surface area contributed by atoms with Gasteiger partial charge in [-0.25, -0.2) is 14.6 Å². The zero-order valence-corrected chi connectivity index (χ0v) is 12.5. The number of rotatable bonds is 4. The molecule has 114 valence electrons. The molecule has 3 aromatic rings. The van der Waals surface area contributed by atoms with Crippen molar-refractivity contribution in [3.63, 3.8) is 0 Å². The van der Waals surface area contributed by atoms with Gasteiger partial charge in [0, 0.05) is 18.5 Å². The molecule has 0 aliphatic rings. The van der Waals surface area contributed by atoms with Crippen LogP contribution in [0.1, 0.15) is 11.1 Å². The molecule has 0 aliphatic heterocycles. The molecular formula is C17H15N5O. The first kappa shape index (κ1) is 14.6. The number of benzene rings is 1. The third kappa shape index (κ3) is 3.68. The predicted octanol–water partition coefficient (Wildman–Crippen LogP) is 2.62. The number of nitrogens with one attached hydrogen (secondary N) is 1. The van der Waals surface area contributed by atoms with Crippen molar-refractivity contribution in [2.24, 2.45) is 0 Å². The molecule has 1 aromatic carbocycles. The summed E-state index contributed by atoms with van der Waals surface area (Å²) in [5.41, 5.74) is 2.65. The summed E-state index contributed by atoms with van der Waals surface area (Å²) >= 11 is 0. The summed E-state index contributed by atoms with van der Waals surface area (Å²) in [4.78, 5) is 20.3. The lowest BCUT2D eigenvalue weighted by atomic mass is 10.1. The molecule has 0 bridgehead atoms. The summed E-state index contributed by atoms with van der Waals surface area (Å²) in [5.74, 6) is 0.215. The zero-order chi connectivity index (χ0) is 16.1. The van der Waals surface area contributed by atoms with Crippen LogP contribution in [0.3, 0.4) is 0 Å². The van der Waals surface area contributed by atoms with Gasteiger partial charge in [-0.3, -0.25) is 4.79 Å². The number of amides is 1. The van der Waals surface area contributed by atoms with Crippen LogP contribution < -0.4 is 5.32 Å². The van der Waals surface area contributed by atoms with Gasteiger partial charge in [0.25, 0.3) is 5.95 Å². The van der Waals surface area contributed by atoms with Crippen LogP contribution in [-0.4, -0.2) is 25.7 Å². The molecule has 2 aromatic heterocycles. The van der Waals surface area contributed by atoms with E-state index < -0.39 is 0 Å². The van der Waals surface area contributed by atoms with Crippen LogP contribution in [0.5, 0.6) is 0 Å². The Morgan fingerprint density at radius 1 is 1.17 bits per heavy atom. The second kappa shape index (κ2) is 6.65. The van der Waals surface area contributed by atoms with E-state index in [1.54, 1.807) is 41.6 Å². The molecule has 2 heterocycles. The molecule has 0 saturated heterocycles. The lowest BCUT2D eigenvalue weighted by molar-refractivity contribution is -0.111. The first-order valence-corrected chi connectivity index (χ1v) is 7.09. The summed E-state index contributed by atoms with van der Waals surface area (Å²) in [6.07, 6.45) is 9.76. The maximum absolute atomic E-state index is 11.9. The molecule has 0 fully saturated rings. The second-order valence-electron chi connectivity index (χ2n) is 4.90. The Balaban J connectivity index is 1.65. The van der Waals surface area contributed by atoms with Crippen molar-refractivity contribution in [2.75, 3.05) is 5.32 Å². The van der Waals surface area contributed by atoms with Crippen molar-refractivity contribution in [1.29, 1.82) is 0 Å². The number of aryl methyl sites for hydroxylation is 1. The summed E-state index contributed by atoms with van der Waals surface area (Å²) < 4.78 is 1.55. The van der Waals surface area contributed by atoms with Gasteiger partial charge in [0.15, 0.2) is 0 Å². The Bertz CT molecular complexity index is 822. The number of anilines is 1. The lowest BCUT2D eigenvalue weighted by Crippen LogP contribution is -2.09. The van der Waals surface area contributed by atoms with Crippen LogP contribution in [0.25, 0.3) is 12.0 Å². The van der Waals surface area contributed by atoms with Gasteiger partial charge in [-0.15, -0.1) is 0 Å². The molecule has 1 N–H and O–H groups in total. The molecule has 23 heavy (non-hydrogen) atoms. The average molecular weight is 305 g/mol. The number of carbonyl (C=O) groups is 1. The lowest BCUT2D eigenvalue weighted by Gasteiger charge is -2.03. The van der Waals surface area contributed by atoms with Gasteiger partial charge in [0.05, 0.1) is 18.1 Å². The first-order valence-electron chi connectivity index (χ1n) is 7.09. The van der Waals surface area contributed by atoms with E-state index in [2.05, 4.69) is 20.4 Å². The maximum atomic E-state index is 11.9. The number of hydrogen-bond donors (Lipinski definition) is 1. The molecule has 1 amide bonds. The molecule has 0 aliphatic carbocycles. The Morgan fingerprint density at radius 2 is 1.96 bits per heavy atom. The summed E-state index contributed by atoms with van der Waals surface area (Å²) in [7, 11) is 0. The number of aromatic nitrogens is 4. The fourth-order valence-electron chi connectivity index (χ4n) is 2.01. The van der Waals surface area contributed by atoms with Crippen LogP contribution in [0.4, 0.5) is 5.69 Å². The largest absolute Gasteiger partial charge is 0.320 e. The molecule has 3 rings (SSSR count). The monoisotopic (exact) mass is 305 g/mol. The van der Waals surface area contributed by atoms with E-state index in [-0.39, 0.29) is 5.91 Å². The summed E-state index contributed by atoms with van der Waals surface area (Å²) in [6.45, 7) is 2.00. The minimum atomic E-state index is -0.233. The van der Waals surface area contributed by atoms with E-state index in [1.807, 2.05) is 31.2 Å². The van der Waals surface area contributed by atoms with Gasteiger partial charge >= 0.3 is 0 Å². The highest BCUT2D eigenvalue weighted by Gasteiger charge is 2.02. The van der Waals surface area contributed by atoms with Crippen molar-refractivity contribution in [1.82, 2.24) is 19.7 Å². The molecule has 0 spiro atoms. The third-order valence-electron chi connectivity index (χ3n) is 3.22. The van der Waals surface area contributed by atoms with Crippen molar-refractivity contribution in [3.8, 4) is 5.95 Å². The highest BCUT2D eigenvalue weighted by molar-refractivity contribution is 6.01. The van der Waals surface area contributed by atoms with Crippen LogP contribution in [-0.2, 0) is 4.79 Å². The van der Waals surface area contributed by atoms with Gasteiger partial charge in [0.2, 0.25) is 5.91 Å². The van der Waals surface area contributed by atoms with E-state index in [0.29, 0.717) is 11.6 Å². The Kier molecular flexibility index (Phi) is 4.24. The van der Waals surface area contributed by atoms with Crippen LogP contribution in [0, 0.1) is 6.92 Å². The van der Waals surface area contributed by atoms with Gasteiger partial charge in [-0.05, 0) is 30.2 Å². The molecular weight excluding hydrogens is 290 g/mol. The topological polar surface area (TPSA) is 72.7 Å². The van der Waals surface area contributed by atoms with Gasteiger partial charge in [-0.1, -0.05) is 24.3 Å². The molecule has 0 atom stereocenters. The van der Waals surface area contributed by atoms with Crippen molar-refractivity contribution >= 4 is 17.7 Å². The predicted molar refractivity (Wildman–Crippen MR) is 88.0 cm³/mol. The Hall–Kier alpha value is -3.28. The highest BCUT2D eigenvalue weighted by atomic mass is 16.1. The average Bonchev–Trinajstić information content (AvgIpc) is 3.09. The number of nitrogens with zero attached hydrogens (tertiary/aromatic N) is 4. The van der Waals surface area contributed by atoms with Crippen molar-refractivity contribution in [3.05, 3.63) is 72.3 Å². The second-order valence-corrected chi connectivity index (χ2v) is 4.90. The third-order valence-corrected chi connectivity index (χ3v) is 3.22. The Morgan fingerprint density at radius 3 is 2.65 bits per heavy atom. The van der Waals surface area contributed by atoms with E-state index in [0.717, 1.165) is 11.1 Å².